The molecule has 21 heavy (non-hydrogen) atoms. The number of piperidine rings is 1. The molecule has 1 aromatic carbocycles. The van der Waals surface area contributed by atoms with Crippen molar-refractivity contribution in [1.29, 1.82) is 0 Å². The van der Waals surface area contributed by atoms with Crippen LogP contribution >= 0.6 is 15.9 Å². The van der Waals surface area contributed by atoms with E-state index in [0.29, 0.717) is 28.5 Å². The number of nitrogens with zero attached hydrogens (tertiary/aromatic N) is 2. The van der Waals surface area contributed by atoms with Crippen LogP contribution in [0.15, 0.2) is 22.7 Å². The van der Waals surface area contributed by atoms with Gasteiger partial charge in [0.2, 0.25) is 0 Å². The van der Waals surface area contributed by atoms with E-state index in [9.17, 15) is 14.9 Å². The van der Waals surface area contributed by atoms with Crippen molar-refractivity contribution in [2.75, 3.05) is 19.6 Å². The first-order valence-corrected chi connectivity index (χ1v) is 7.81. The Balaban J connectivity index is 1.81. The molecule has 0 radical (unpaired) electrons. The van der Waals surface area contributed by atoms with Crippen LogP contribution in [0, 0.1) is 16.0 Å². The van der Waals surface area contributed by atoms with E-state index in [2.05, 4.69) is 21.2 Å². The zero-order chi connectivity index (χ0) is 15.0. The molecule has 2 aliphatic rings. The third-order valence-corrected chi connectivity index (χ3v) is 4.68. The number of halogens is 1. The fourth-order valence-electron chi connectivity index (χ4n) is 3.20. The molecule has 2 unspecified atom stereocenters. The van der Waals surface area contributed by atoms with Gasteiger partial charge in [-0.2, -0.15) is 0 Å². The van der Waals surface area contributed by atoms with Crippen LogP contribution in [0.2, 0.25) is 0 Å². The summed E-state index contributed by atoms with van der Waals surface area (Å²) < 4.78 is 0.551. The van der Waals surface area contributed by atoms with E-state index in [-0.39, 0.29) is 11.6 Å². The fourth-order valence-corrected chi connectivity index (χ4v) is 3.68. The maximum Gasteiger partial charge on any atom is 0.271 e. The number of non-ortho nitro benzene ring substituents is 1. The number of nitrogens with one attached hydrogen (secondary N) is 1. The summed E-state index contributed by atoms with van der Waals surface area (Å²) in [6.07, 6.45) is 2.28. The van der Waals surface area contributed by atoms with E-state index in [1.165, 1.54) is 12.1 Å². The van der Waals surface area contributed by atoms with Gasteiger partial charge in [0.15, 0.2) is 0 Å². The molecule has 3 rings (SSSR count). The summed E-state index contributed by atoms with van der Waals surface area (Å²) in [7, 11) is 0. The van der Waals surface area contributed by atoms with Gasteiger partial charge in [-0.25, -0.2) is 0 Å². The lowest BCUT2D eigenvalue weighted by atomic mass is 9.94. The molecule has 112 valence electrons. The van der Waals surface area contributed by atoms with E-state index >= 15 is 0 Å². The van der Waals surface area contributed by atoms with Gasteiger partial charge in [0.25, 0.3) is 11.6 Å². The maximum absolute atomic E-state index is 12.6. The summed E-state index contributed by atoms with van der Waals surface area (Å²) in [5.74, 6) is 0.375. The first-order chi connectivity index (χ1) is 10.0. The number of hydrogen-bond acceptors (Lipinski definition) is 4. The minimum absolute atomic E-state index is 0.0672. The number of carbonyl (C=O) groups is 1. The molecule has 2 fully saturated rings. The molecule has 0 bridgehead atoms. The van der Waals surface area contributed by atoms with Crippen LogP contribution in [0.25, 0.3) is 0 Å². The predicted octanol–water partition coefficient (Wildman–Crippen LogP) is 2.18. The Morgan fingerprint density at radius 3 is 2.90 bits per heavy atom. The summed E-state index contributed by atoms with van der Waals surface area (Å²) in [6, 6.07) is 4.76. The quantitative estimate of drug-likeness (QED) is 0.653. The van der Waals surface area contributed by atoms with Crippen molar-refractivity contribution < 1.29 is 9.72 Å². The molecule has 0 aliphatic carbocycles. The molecule has 2 heterocycles. The standard InChI is InChI=1S/C14H16BrN3O3/c15-11-4-10(5-12(6-11)18(20)21)14(19)17-7-9-2-1-3-16-13(9)8-17/h4-6,9,13,16H,1-3,7-8H2. The number of amides is 1. The number of nitro benzene ring substituents is 1. The van der Waals surface area contributed by atoms with Crippen molar-refractivity contribution in [2.24, 2.45) is 5.92 Å². The van der Waals surface area contributed by atoms with Crippen LogP contribution in [-0.4, -0.2) is 41.4 Å². The van der Waals surface area contributed by atoms with Crippen molar-refractivity contribution in [3.05, 3.63) is 38.3 Å². The summed E-state index contributed by atoms with van der Waals surface area (Å²) in [4.78, 5) is 24.8. The molecule has 1 N–H and O–H groups in total. The Morgan fingerprint density at radius 2 is 2.19 bits per heavy atom. The maximum atomic E-state index is 12.6. The van der Waals surface area contributed by atoms with Gasteiger partial charge in [0.1, 0.15) is 0 Å². The van der Waals surface area contributed by atoms with Gasteiger partial charge in [-0.15, -0.1) is 0 Å². The molecule has 2 saturated heterocycles. The normalized spacial score (nSPS) is 24.7. The number of carbonyl (C=O) groups excluding carboxylic acids is 1. The largest absolute Gasteiger partial charge is 0.337 e. The first-order valence-electron chi connectivity index (χ1n) is 7.02. The van der Waals surface area contributed by atoms with Gasteiger partial charge >= 0.3 is 0 Å². The van der Waals surface area contributed by atoms with Gasteiger partial charge in [0, 0.05) is 41.3 Å². The number of benzene rings is 1. The topological polar surface area (TPSA) is 75.5 Å². The van der Waals surface area contributed by atoms with Crippen molar-refractivity contribution in [3.8, 4) is 0 Å². The lowest BCUT2D eigenvalue weighted by molar-refractivity contribution is -0.385. The van der Waals surface area contributed by atoms with Crippen LogP contribution in [0.4, 0.5) is 5.69 Å². The highest BCUT2D eigenvalue weighted by Gasteiger charge is 2.36. The molecule has 2 aliphatic heterocycles. The van der Waals surface area contributed by atoms with Crippen LogP contribution in [0.5, 0.6) is 0 Å². The highest BCUT2D eigenvalue weighted by atomic mass is 79.9. The Morgan fingerprint density at radius 1 is 1.38 bits per heavy atom. The number of likely N-dealkylation sites (tertiary alicyclic amines) is 1. The summed E-state index contributed by atoms with van der Waals surface area (Å²) >= 11 is 3.23. The van der Waals surface area contributed by atoms with Crippen molar-refractivity contribution in [3.63, 3.8) is 0 Å². The van der Waals surface area contributed by atoms with Crippen molar-refractivity contribution in [1.82, 2.24) is 10.2 Å². The minimum atomic E-state index is -0.479. The van der Waals surface area contributed by atoms with Crippen molar-refractivity contribution in [2.45, 2.75) is 18.9 Å². The molecular formula is C14H16BrN3O3. The zero-order valence-corrected chi connectivity index (χ0v) is 13.0. The van der Waals surface area contributed by atoms with Gasteiger partial charge in [-0.05, 0) is 31.4 Å². The number of fused-ring (bicyclic) bond motifs is 1. The Kier molecular flexibility index (Phi) is 3.95. The Labute approximate surface area is 130 Å². The minimum Gasteiger partial charge on any atom is -0.337 e. The number of rotatable bonds is 2. The van der Waals surface area contributed by atoms with Gasteiger partial charge in [-0.3, -0.25) is 14.9 Å². The first kappa shape index (κ1) is 14.5. The average molecular weight is 354 g/mol. The molecule has 1 aromatic rings. The number of hydrogen-bond donors (Lipinski definition) is 1. The molecule has 2 atom stereocenters. The van der Waals surface area contributed by atoms with Crippen LogP contribution < -0.4 is 5.32 Å². The SMILES string of the molecule is O=C(c1cc(Br)cc([N+](=O)[O-])c1)N1CC2CCCNC2C1. The smallest absolute Gasteiger partial charge is 0.271 e. The predicted molar refractivity (Wildman–Crippen MR) is 81.2 cm³/mol. The second-order valence-corrected chi connectivity index (χ2v) is 6.54. The lowest BCUT2D eigenvalue weighted by Gasteiger charge is -2.24. The fraction of sp³-hybridized carbons (Fsp3) is 0.500. The highest BCUT2D eigenvalue weighted by Crippen LogP contribution is 2.28. The Bertz CT molecular complexity index is 579. The van der Waals surface area contributed by atoms with Crippen LogP contribution in [-0.2, 0) is 0 Å². The average Bonchev–Trinajstić information content (AvgIpc) is 2.89. The number of nitro groups is 1. The molecule has 0 aromatic heterocycles. The van der Waals surface area contributed by atoms with E-state index < -0.39 is 4.92 Å². The summed E-state index contributed by atoms with van der Waals surface area (Å²) in [5, 5.41) is 14.4. The van der Waals surface area contributed by atoms with Gasteiger partial charge in [0.05, 0.1) is 4.92 Å². The molecule has 0 saturated carbocycles. The summed E-state index contributed by atoms with van der Waals surface area (Å²) in [6.45, 7) is 2.42. The monoisotopic (exact) mass is 353 g/mol. The van der Waals surface area contributed by atoms with Crippen LogP contribution in [0.1, 0.15) is 23.2 Å². The molecular weight excluding hydrogens is 338 g/mol. The Hall–Kier alpha value is -1.47. The van der Waals surface area contributed by atoms with E-state index in [4.69, 9.17) is 0 Å². The molecule has 0 spiro atoms. The second kappa shape index (κ2) is 5.73. The molecule has 1 amide bonds. The highest BCUT2D eigenvalue weighted by molar-refractivity contribution is 9.10. The zero-order valence-electron chi connectivity index (χ0n) is 11.4. The van der Waals surface area contributed by atoms with Crippen molar-refractivity contribution >= 4 is 27.5 Å². The van der Waals surface area contributed by atoms with Gasteiger partial charge in [-0.1, -0.05) is 15.9 Å². The third kappa shape index (κ3) is 2.94. The molecule has 6 nitrogen and oxygen atoms in total. The van der Waals surface area contributed by atoms with E-state index in [0.717, 1.165) is 25.9 Å². The van der Waals surface area contributed by atoms with Crippen LogP contribution in [0.3, 0.4) is 0 Å². The van der Waals surface area contributed by atoms with E-state index in [1.807, 2.05) is 0 Å². The molecule has 7 heteroatoms. The summed E-state index contributed by atoms with van der Waals surface area (Å²) in [5.41, 5.74) is 0.303. The van der Waals surface area contributed by atoms with E-state index in [1.54, 1.807) is 11.0 Å². The second-order valence-electron chi connectivity index (χ2n) is 5.63. The third-order valence-electron chi connectivity index (χ3n) is 4.23. The van der Waals surface area contributed by atoms with Gasteiger partial charge < -0.3 is 10.2 Å². The lowest BCUT2D eigenvalue weighted by Crippen LogP contribution is -2.41.